The van der Waals surface area contributed by atoms with E-state index < -0.39 is 0 Å². The van der Waals surface area contributed by atoms with Gasteiger partial charge in [0.2, 0.25) is 0 Å². The van der Waals surface area contributed by atoms with Crippen molar-refractivity contribution < 1.29 is 0 Å². The third-order valence-electron chi connectivity index (χ3n) is 4.65. The third kappa shape index (κ3) is 4.27. The normalized spacial score (nSPS) is 19.3. The lowest BCUT2D eigenvalue weighted by atomic mass is 9.94. The highest BCUT2D eigenvalue weighted by atomic mass is 15.2. The lowest BCUT2D eigenvalue weighted by molar-refractivity contribution is 0.0989. The molecule has 1 saturated carbocycles. The number of hydrogen-bond acceptors (Lipinski definition) is 3. The van der Waals surface area contributed by atoms with Crippen LogP contribution in [0.3, 0.4) is 0 Å². The van der Waals surface area contributed by atoms with E-state index in [-0.39, 0.29) is 6.04 Å². The number of hydrogen-bond donors (Lipinski definition) is 1. The highest BCUT2D eigenvalue weighted by Crippen LogP contribution is 2.33. The van der Waals surface area contributed by atoms with Gasteiger partial charge in [-0.25, -0.2) is 0 Å². The summed E-state index contributed by atoms with van der Waals surface area (Å²) in [4.78, 5) is 6.87. The van der Waals surface area contributed by atoms with E-state index >= 15 is 0 Å². The molecule has 118 valence electrons. The summed E-state index contributed by atoms with van der Waals surface area (Å²) in [6.45, 7) is 7.94. The Hall–Kier alpha value is -0.930. The zero-order chi connectivity index (χ0) is 15.2. The molecular weight excluding hydrogens is 258 g/mol. The van der Waals surface area contributed by atoms with Crippen LogP contribution < -0.4 is 5.73 Å². The quantitative estimate of drug-likeness (QED) is 0.831. The summed E-state index contributed by atoms with van der Waals surface area (Å²) in [5.41, 5.74) is 7.86. The maximum Gasteiger partial charge on any atom is 0.0503 e. The van der Waals surface area contributed by atoms with Crippen LogP contribution >= 0.6 is 0 Å². The Kier molecular flexibility index (Phi) is 6.19. The molecule has 0 amide bonds. The molecule has 1 aromatic rings. The van der Waals surface area contributed by atoms with Gasteiger partial charge in [-0.3, -0.25) is 9.88 Å². The molecule has 3 heteroatoms. The summed E-state index contributed by atoms with van der Waals surface area (Å²) < 4.78 is 0. The minimum absolute atomic E-state index is 0.187. The van der Waals surface area contributed by atoms with Crippen molar-refractivity contribution >= 4 is 0 Å². The van der Waals surface area contributed by atoms with Crippen LogP contribution in [-0.2, 0) is 0 Å². The highest BCUT2D eigenvalue weighted by molar-refractivity contribution is 5.18. The first kappa shape index (κ1) is 16.4. The van der Waals surface area contributed by atoms with Crippen molar-refractivity contribution in [1.82, 2.24) is 9.88 Å². The predicted molar refractivity (Wildman–Crippen MR) is 89.0 cm³/mol. The average molecular weight is 289 g/mol. The first-order valence-corrected chi connectivity index (χ1v) is 8.54. The predicted octanol–water partition coefficient (Wildman–Crippen LogP) is 3.76. The molecule has 1 aliphatic rings. The molecular formula is C18H31N3. The van der Waals surface area contributed by atoms with Gasteiger partial charge in [0.1, 0.15) is 0 Å². The molecule has 0 bridgehead atoms. The lowest BCUT2D eigenvalue weighted by Gasteiger charge is -2.40. The Balaban J connectivity index is 2.29. The van der Waals surface area contributed by atoms with E-state index in [4.69, 9.17) is 5.73 Å². The van der Waals surface area contributed by atoms with Gasteiger partial charge >= 0.3 is 0 Å². The van der Waals surface area contributed by atoms with Crippen LogP contribution in [0.25, 0.3) is 0 Å². The summed E-state index contributed by atoms with van der Waals surface area (Å²) >= 11 is 0. The first-order chi connectivity index (χ1) is 10.1. The van der Waals surface area contributed by atoms with Crippen molar-refractivity contribution in [2.45, 2.75) is 71.0 Å². The zero-order valence-corrected chi connectivity index (χ0v) is 13.8. The molecule has 2 unspecified atom stereocenters. The average Bonchev–Trinajstić information content (AvgIpc) is 3.01. The molecule has 1 aliphatic carbocycles. The second-order valence-corrected chi connectivity index (χ2v) is 6.83. The van der Waals surface area contributed by atoms with E-state index in [0.29, 0.717) is 18.0 Å². The summed E-state index contributed by atoms with van der Waals surface area (Å²) in [7, 11) is 0. The SMILES string of the molecule is CCC(N)C(c1ccncc1)N(CC(C)C)C1CCCC1. The topological polar surface area (TPSA) is 42.1 Å². The van der Waals surface area contributed by atoms with Gasteiger partial charge in [0.05, 0.1) is 6.04 Å². The number of nitrogens with zero attached hydrogens (tertiary/aromatic N) is 2. The molecule has 0 saturated heterocycles. The van der Waals surface area contributed by atoms with Gasteiger partial charge in [-0.2, -0.15) is 0 Å². The molecule has 0 aliphatic heterocycles. The summed E-state index contributed by atoms with van der Waals surface area (Å²) in [5.74, 6) is 0.666. The molecule has 0 aromatic carbocycles. The largest absolute Gasteiger partial charge is 0.326 e. The number of nitrogens with two attached hydrogens (primary N) is 1. The van der Waals surface area contributed by atoms with Gasteiger partial charge in [0, 0.05) is 31.0 Å². The standard InChI is InChI=1S/C18H31N3/c1-4-17(19)18(15-9-11-20-12-10-15)21(13-14(2)3)16-7-5-6-8-16/h9-12,14,16-18H,4-8,13,19H2,1-3H3. The first-order valence-electron chi connectivity index (χ1n) is 8.54. The van der Waals surface area contributed by atoms with Gasteiger partial charge in [-0.1, -0.05) is 33.6 Å². The molecule has 3 nitrogen and oxygen atoms in total. The second kappa shape index (κ2) is 7.90. The smallest absolute Gasteiger partial charge is 0.0503 e. The van der Waals surface area contributed by atoms with Crippen LogP contribution in [0, 0.1) is 5.92 Å². The van der Waals surface area contributed by atoms with E-state index in [1.165, 1.54) is 31.2 Å². The Morgan fingerprint density at radius 3 is 2.38 bits per heavy atom. The Bertz CT molecular complexity index is 398. The minimum atomic E-state index is 0.187. The minimum Gasteiger partial charge on any atom is -0.326 e. The fraction of sp³-hybridized carbons (Fsp3) is 0.722. The van der Waals surface area contributed by atoms with Crippen molar-refractivity contribution in [2.24, 2.45) is 11.7 Å². The van der Waals surface area contributed by atoms with Crippen molar-refractivity contribution in [1.29, 1.82) is 0 Å². The van der Waals surface area contributed by atoms with E-state index in [1.54, 1.807) is 0 Å². The Morgan fingerprint density at radius 2 is 1.86 bits per heavy atom. The van der Waals surface area contributed by atoms with Crippen molar-refractivity contribution in [3.05, 3.63) is 30.1 Å². The molecule has 2 atom stereocenters. The van der Waals surface area contributed by atoms with Gasteiger partial charge in [-0.05, 0) is 42.9 Å². The van der Waals surface area contributed by atoms with Crippen LogP contribution in [0.4, 0.5) is 0 Å². The summed E-state index contributed by atoms with van der Waals surface area (Å²) in [6.07, 6.45) is 10.2. The van der Waals surface area contributed by atoms with Crippen molar-refractivity contribution in [3.8, 4) is 0 Å². The summed E-state index contributed by atoms with van der Waals surface area (Å²) in [6, 6.07) is 5.49. The number of pyridine rings is 1. The number of aromatic nitrogens is 1. The molecule has 1 aromatic heterocycles. The maximum atomic E-state index is 6.53. The third-order valence-corrected chi connectivity index (χ3v) is 4.65. The number of rotatable bonds is 7. The van der Waals surface area contributed by atoms with Gasteiger partial charge in [-0.15, -0.1) is 0 Å². The van der Waals surface area contributed by atoms with Gasteiger partial charge < -0.3 is 5.73 Å². The highest BCUT2D eigenvalue weighted by Gasteiger charge is 2.32. The van der Waals surface area contributed by atoms with Crippen molar-refractivity contribution in [3.63, 3.8) is 0 Å². The van der Waals surface area contributed by atoms with E-state index in [2.05, 4.69) is 42.8 Å². The molecule has 2 N–H and O–H groups in total. The monoisotopic (exact) mass is 289 g/mol. The Labute approximate surface area is 129 Å². The lowest BCUT2D eigenvalue weighted by Crippen LogP contribution is -2.46. The van der Waals surface area contributed by atoms with Crippen LogP contribution in [0.15, 0.2) is 24.5 Å². The molecule has 1 heterocycles. The fourth-order valence-electron chi connectivity index (χ4n) is 3.62. The molecule has 0 spiro atoms. The molecule has 2 rings (SSSR count). The van der Waals surface area contributed by atoms with Gasteiger partial charge in [0.15, 0.2) is 0 Å². The Morgan fingerprint density at radius 1 is 1.24 bits per heavy atom. The van der Waals surface area contributed by atoms with E-state index in [9.17, 15) is 0 Å². The maximum absolute atomic E-state index is 6.53. The van der Waals surface area contributed by atoms with Crippen LogP contribution in [0.1, 0.15) is 64.5 Å². The molecule has 21 heavy (non-hydrogen) atoms. The molecule has 1 fully saturated rings. The second-order valence-electron chi connectivity index (χ2n) is 6.83. The summed E-state index contributed by atoms with van der Waals surface area (Å²) in [5, 5.41) is 0. The van der Waals surface area contributed by atoms with Crippen LogP contribution in [0.5, 0.6) is 0 Å². The molecule has 0 radical (unpaired) electrons. The van der Waals surface area contributed by atoms with E-state index in [0.717, 1.165) is 13.0 Å². The zero-order valence-electron chi connectivity index (χ0n) is 13.8. The fourth-order valence-corrected chi connectivity index (χ4v) is 3.62. The van der Waals surface area contributed by atoms with Crippen LogP contribution in [-0.4, -0.2) is 28.5 Å². The van der Waals surface area contributed by atoms with Crippen LogP contribution in [0.2, 0.25) is 0 Å². The van der Waals surface area contributed by atoms with Gasteiger partial charge in [0.25, 0.3) is 0 Å². The van der Waals surface area contributed by atoms with Crippen molar-refractivity contribution in [2.75, 3.05) is 6.54 Å². The van der Waals surface area contributed by atoms with E-state index in [1.807, 2.05) is 12.4 Å².